The fraction of sp³-hybridized carbons (Fsp3) is 0.652. The summed E-state index contributed by atoms with van der Waals surface area (Å²) in [5, 5.41) is 7.89. The summed E-state index contributed by atoms with van der Waals surface area (Å²) in [5.41, 5.74) is 1.10. The van der Waals surface area contributed by atoms with E-state index in [-0.39, 0.29) is 41.3 Å². The molecule has 2 N–H and O–H groups in total. The SMILES string of the molecule is CCOC(=O)C1CCC(NC(=NC)NCC2(c3ccccc3Cl)CCOCC2)CC1.I. The second kappa shape index (κ2) is 12.8. The van der Waals surface area contributed by atoms with Crippen LogP contribution in [-0.2, 0) is 19.7 Å². The second-order valence-electron chi connectivity index (χ2n) is 8.24. The van der Waals surface area contributed by atoms with Crippen LogP contribution in [0.25, 0.3) is 0 Å². The van der Waals surface area contributed by atoms with Gasteiger partial charge in [0.1, 0.15) is 0 Å². The minimum absolute atomic E-state index is 0. The van der Waals surface area contributed by atoms with Gasteiger partial charge in [-0.1, -0.05) is 29.8 Å². The van der Waals surface area contributed by atoms with Crippen LogP contribution in [0.15, 0.2) is 29.3 Å². The Morgan fingerprint density at radius 3 is 2.52 bits per heavy atom. The quantitative estimate of drug-likeness (QED) is 0.234. The maximum Gasteiger partial charge on any atom is 0.308 e. The highest BCUT2D eigenvalue weighted by atomic mass is 127. The van der Waals surface area contributed by atoms with Gasteiger partial charge in [0.05, 0.1) is 12.5 Å². The van der Waals surface area contributed by atoms with Crippen LogP contribution < -0.4 is 10.6 Å². The van der Waals surface area contributed by atoms with E-state index >= 15 is 0 Å². The highest BCUT2D eigenvalue weighted by molar-refractivity contribution is 14.0. The highest BCUT2D eigenvalue weighted by Gasteiger charge is 2.36. The maximum atomic E-state index is 12.0. The fourth-order valence-electron chi connectivity index (χ4n) is 4.57. The van der Waals surface area contributed by atoms with Crippen LogP contribution in [0.4, 0.5) is 0 Å². The average Bonchev–Trinajstić information content (AvgIpc) is 2.78. The Morgan fingerprint density at radius 2 is 1.90 bits per heavy atom. The Balaban J connectivity index is 0.00000341. The molecule has 0 aromatic heterocycles. The maximum absolute atomic E-state index is 12.0. The van der Waals surface area contributed by atoms with Gasteiger partial charge in [-0.05, 0) is 57.1 Å². The standard InChI is InChI=1S/C23H34ClN3O3.HI/c1-3-30-21(28)17-8-10-18(11-9-17)27-22(25-2)26-16-23(12-14-29-15-13-23)19-6-4-5-7-20(19)24;/h4-7,17-18H,3,8-16H2,1-2H3,(H2,25,26,27);1H. The van der Waals surface area contributed by atoms with Crippen LogP contribution in [0.3, 0.4) is 0 Å². The van der Waals surface area contributed by atoms with Gasteiger partial charge < -0.3 is 20.1 Å². The number of guanidine groups is 1. The summed E-state index contributed by atoms with van der Waals surface area (Å²) >= 11 is 6.56. The van der Waals surface area contributed by atoms with E-state index in [4.69, 9.17) is 21.1 Å². The Hall–Kier alpha value is -1.06. The summed E-state index contributed by atoms with van der Waals surface area (Å²) in [4.78, 5) is 16.4. The minimum atomic E-state index is -0.0736. The molecule has 1 saturated carbocycles. The number of halogens is 2. The largest absolute Gasteiger partial charge is 0.466 e. The summed E-state index contributed by atoms with van der Waals surface area (Å²) in [6.45, 7) is 4.52. The topological polar surface area (TPSA) is 72.0 Å². The lowest BCUT2D eigenvalue weighted by Gasteiger charge is -2.39. The second-order valence-corrected chi connectivity index (χ2v) is 8.65. The number of nitrogens with one attached hydrogen (secondary N) is 2. The van der Waals surface area contributed by atoms with Crippen molar-refractivity contribution >= 4 is 47.5 Å². The molecule has 3 rings (SSSR count). The van der Waals surface area contributed by atoms with E-state index in [1.807, 2.05) is 25.1 Å². The van der Waals surface area contributed by atoms with Gasteiger partial charge in [-0.3, -0.25) is 9.79 Å². The van der Waals surface area contributed by atoms with E-state index in [2.05, 4.69) is 21.7 Å². The lowest BCUT2D eigenvalue weighted by Crippen LogP contribution is -2.50. The Bertz CT molecular complexity index is 733. The molecule has 2 fully saturated rings. The molecule has 0 atom stereocenters. The van der Waals surface area contributed by atoms with Crippen LogP contribution in [0.5, 0.6) is 0 Å². The third-order valence-electron chi connectivity index (χ3n) is 6.40. The van der Waals surface area contributed by atoms with Crippen molar-refractivity contribution in [3.63, 3.8) is 0 Å². The van der Waals surface area contributed by atoms with Gasteiger partial charge in [0.25, 0.3) is 0 Å². The number of hydrogen-bond acceptors (Lipinski definition) is 4. The molecular formula is C23H35ClIN3O3. The van der Waals surface area contributed by atoms with Crippen LogP contribution in [0.2, 0.25) is 5.02 Å². The summed E-state index contributed by atoms with van der Waals surface area (Å²) in [6.07, 6.45) is 5.43. The number of hydrogen-bond donors (Lipinski definition) is 2. The van der Waals surface area contributed by atoms with Gasteiger partial charge in [-0.15, -0.1) is 24.0 Å². The monoisotopic (exact) mass is 563 g/mol. The molecule has 1 aliphatic carbocycles. The van der Waals surface area contributed by atoms with E-state index in [0.717, 1.165) is 69.3 Å². The number of esters is 1. The number of aliphatic imine (C=N–C) groups is 1. The lowest BCUT2D eigenvalue weighted by molar-refractivity contribution is -0.149. The number of rotatable bonds is 6. The summed E-state index contributed by atoms with van der Waals surface area (Å²) in [7, 11) is 1.80. The molecule has 1 aromatic carbocycles. The molecule has 1 saturated heterocycles. The van der Waals surface area contributed by atoms with E-state index in [1.165, 1.54) is 5.56 Å². The van der Waals surface area contributed by atoms with Crippen molar-refractivity contribution in [2.75, 3.05) is 33.4 Å². The fourth-order valence-corrected chi connectivity index (χ4v) is 4.91. The molecule has 1 heterocycles. The van der Waals surface area contributed by atoms with Crippen molar-refractivity contribution in [1.29, 1.82) is 0 Å². The normalized spacial score (nSPS) is 23.4. The number of ether oxygens (including phenoxy) is 2. The molecule has 6 nitrogen and oxygen atoms in total. The van der Waals surface area contributed by atoms with E-state index < -0.39 is 0 Å². The first kappa shape index (κ1) is 26.2. The van der Waals surface area contributed by atoms with Gasteiger partial charge in [0, 0.05) is 43.3 Å². The molecule has 2 aliphatic rings. The lowest BCUT2D eigenvalue weighted by atomic mass is 9.74. The molecule has 0 radical (unpaired) electrons. The molecule has 174 valence electrons. The summed E-state index contributed by atoms with van der Waals surface area (Å²) < 4.78 is 10.8. The summed E-state index contributed by atoms with van der Waals surface area (Å²) in [6, 6.07) is 8.42. The molecule has 0 spiro atoms. The van der Waals surface area contributed by atoms with E-state index in [1.54, 1.807) is 7.05 Å². The smallest absolute Gasteiger partial charge is 0.308 e. The van der Waals surface area contributed by atoms with Gasteiger partial charge >= 0.3 is 5.97 Å². The van der Waals surface area contributed by atoms with Crippen LogP contribution >= 0.6 is 35.6 Å². The molecule has 31 heavy (non-hydrogen) atoms. The zero-order chi connectivity index (χ0) is 21.4. The van der Waals surface area contributed by atoms with E-state index in [9.17, 15) is 4.79 Å². The number of carbonyl (C=O) groups is 1. The Morgan fingerprint density at radius 1 is 1.23 bits per heavy atom. The van der Waals surface area contributed by atoms with Gasteiger partial charge in [0.15, 0.2) is 5.96 Å². The molecule has 1 aliphatic heterocycles. The van der Waals surface area contributed by atoms with Gasteiger partial charge in [0.2, 0.25) is 0 Å². The minimum Gasteiger partial charge on any atom is -0.466 e. The summed E-state index contributed by atoms with van der Waals surface area (Å²) in [5.74, 6) is 0.774. The molecular weight excluding hydrogens is 529 g/mol. The number of carbonyl (C=O) groups excluding carboxylic acids is 1. The van der Waals surface area contributed by atoms with Crippen LogP contribution in [0.1, 0.15) is 51.0 Å². The van der Waals surface area contributed by atoms with Crippen molar-refractivity contribution in [2.24, 2.45) is 10.9 Å². The first-order valence-corrected chi connectivity index (χ1v) is 11.4. The molecule has 0 amide bonds. The Kier molecular flexibility index (Phi) is 10.9. The molecule has 0 unspecified atom stereocenters. The van der Waals surface area contributed by atoms with Crippen molar-refractivity contribution < 1.29 is 14.3 Å². The van der Waals surface area contributed by atoms with Crippen LogP contribution in [0, 0.1) is 5.92 Å². The number of nitrogens with zero attached hydrogens (tertiary/aromatic N) is 1. The van der Waals surface area contributed by atoms with Gasteiger partial charge in [-0.25, -0.2) is 0 Å². The Labute approximate surface area is 207 Å². The predicted octanol–water partition coefficient (Wildman–Crippen LogP) is 4.29. The molecule has 8 heteroatoms. The molecule has 0 bridgehead atoms. The zero-order valence-corrected chi connectivity index (χ0v) is 21.6. The molecule has 1 aromatic rings. The van der Waals surface area contributed by atoms with Crippen molar-refractivity contribution in [1.82, 2.24) is 10.6 Å². The first-order valence-electron chi connectivity index (χ1n) is 11.0. The third-order valence-corrected chi connectivity index (χ3v) is 6.73. The van der Waals surface area contributed by atoms with Crippen molar-refractivity contribution in [3.05, 3.63) is 34.9 Å². The van der Waals surface area contributed by atoms with Crippen molar-refractivity contribution in [2.45, 2.75) is 56.9 Å². The average molecular weight is 564 g/mol. The van der Waals surface area contributed by atoms with E-state index in [0.29, 0.717) is 12.6 Å². The van der Waals surface area contributed by atoms with Crippen LogP contribution in [-0.4, -0.2) is 51.4 Å². The van der Waals surface area contributed by atoms with Gasteiger partial charge in [-0.2, -0.15) is 0 Å². The van der Waals surface area contributed by atoms with Crippen molar-refractivity contribution in [3.8, 4) is 0 Å². The number of benzene rings is 1. The predicted molar refractivity (Wildman–Crippen MR) is 135 cm³/mol. The third kappa shape index (κ3) is 6.96. The zero-order valence-electron chi connectivity index (χ0n) is 18.5. The first-order chi connectivity index (χ1) is 14.6. The highest BCUT2D eigenvalue weighted by Crippen LogP contribution is 2.38.